The van der Waals surface area contributed by atoms with E-state index >= 15 is 0 Å². The Labute approximate surface area is 150 Å². The first-order valence-corrected chi connectivity index (χ1v) is 8.38. The molecule has 0 radical (unpaired) electrons. The molecule has 0 bridgehead atoms. The van der Waals surface area contributed by atoms with Crippen LogP contribution in [0.3, 0.4) is 0 Å². The predicted octanol–water partition coefficient (Wildman–Crippen LogP) is 2.88. The molecule has 1 amide bonds. The number of aromatic hydroxyl groups is 1. The summed E-state index contributed by atoms with van der Waals surface area (Å²) in [5.74, 6) is -1.36. The second-order valence-electron chi connectivity index (χ2n) is 6.01. The molecule has 6 heteroatoms. The Morgan fingerprint density at radius 1 is 1.16 bits per heavy atom. The largest absolute Gasteiger partial charge is 0.506 e. The van der Waals surface area contributed by atoms with Crippen molar-refractivity contribution in [3.63, 3.8) is 0 Å². The van der Waals surface area contributed by atoms with Crippen molar-refractivity contribution in [1.29, 1.82) is 0 Å². The summed E-state index contributed by atoms with van der Waals surface area (Å²) < 4.78 is 5.21. The molecule has 0 atom stereocenters. The van der Waals surface area contributed by atoms with Crippen molar-refractivity contribution in [3.05, 3.63) is 64.2 Å². The van der Waals surface area contributed by atoms with Crippen LogP contribution in [0.4, 0.5) is 0 Å². The molecule has 0 saturated heterocycles. The summed E-state index contributed by atoms with van der Waals surface area (Å²) in [5.41, 5.74) is 0.815. The number of benzene rings is 2. The Kier molecular flexibility index (Phi) is 4.68. The molecular formula is C19H18ClNO4. The number of fused-ring (bicyclic) bond motifs is 1. The van der Waals surface area contributed by atoms with E-state index in [0.717, 1.165) is 11.1 Å². The average molecular weight is 360 g/mol. The zero-order valence-corrected chi connectivity index (χ0v) is 14.5. The molecule has 25 heavy (non-hydrogen) atoms. The highest BCUT2D eigenvalue weighted by Gasteiger charge is 2.46. The zero-order chi connectivity index (χ0) is 18.0. The Balaban J connectivity index is 1.93. The van der Waals surface area contributed by atoms with Gasteiger partial charge in [-0.1, -0.05) is 41.9 Å². The summed E-state index contributed by atoms with van der Waals surface area (Å²) in [6.45, 7) is 1.94. The number of phenolic OH excluding ortho intramolecular Hbond substituents is 1. The van der Waals surface area contributed by atoms with Gasteiger partial charge in [0.1, 0.15) is 11.3 Å². The van der Waals surface area contributed by atoms with Gasteiger partial charge >= 0.3 is 5.97 Å². The van der Waals surface area contributed by atoms with Crippen LogP contribution in [-0.2, 0) is 22.4 Å². The van der Waals surface area contributed by atoms with Gasteiger partial charge in [-0.25, -0.2) is 4.79 Å². The van der Waals surface area contributed by atoms with Gasteiger partial charge in [-0.3, -0.25) is 4.79 Å². The summed E-state index contributed by atoms with van der Waals surface area (Å²) >= 11 is 5.87. The Hall–Kier alpha value is -2.53. The molecule has 3 rings (SSSR count). The standard InChI is InChI=1S/C19H18ClNO4/c1-2-25-18(24)19(10-12-6-3-4-7-13(12)11-19)21-17(23)14-8-5-9-15(20)16(14)22/h3-9,22H,2,10-11H2,1H3,(H,21,23). The van der Waals surface area contributed by atoms with E-state index in [1.54, 1.807) is 13.0 Å². The van der Waals surface area contributed by atoms with Crippen LogP contribution in [0.2, 0.25) is 5.02 Å². The van der Waals surface area contributed by atoms with Crippen LogP contribution in [0.15, 0.2) is 42.5 Å². The number of carbonyl (C=O) groups is 2. The Morgan fingerprint density at radius 3 is 2.40 bits per heavy atom. The van der Waals surface area contributed by atoms with E-state index < -0.39 is 17.4 Å². The van der Waals surface area contributed by atoms with Crippen molar-refractivity contribution in [1.82, 2.24) is 5.32 Å². The van der Waals surface area contributed by atoms with Gasteiger partial charge in [0.25, 0.3) is 5.91 Å². The third-order valence-electron chi connectivity index (χ3n) is 4.35. The van der Waals surface area contributed by atoms with Crippen LogP contribution < -0.4 is 5.32 Å². The third-order valence-corrected chi connectivity index (χ3v) is 4.66. The number of hydrogen-bond acceptors (Lipinski definition) is 4. The van der Waals surface area contributed by atoms with Crippen LogP contribution in [0.1, 0.15) is 28.4 Å². The maximum Gasteiger partial charge on any atom is 0.332 e. The Bertz CT molecular complexity index is 809. The van der Waals surface area contributed by atoms with Gasteiger partial charge in [0.2, 0.25) is 0 Å². The van der Waals surface area contributed by atoms with Crippen LogP contribution in [0.5, 0.6) is 5.75 Å². The number of amides is 1. The molecule has 1 aliphatic carbocycles. The number of esters is 1. The smallest absolute Gasteiger partial charge is 0.332 e. The highest BCUT2D eigenvalue weighted by molar-refractivity contribution is 6.32. The van der Waals surface area contributed by atoms with Crippen LogP contribution in [0.25, 0.3) is 0 Å². The molecule has 5 nitrogen and oxygen atoms in total. The van der Waals surface area contributed by atoms with Crippen molar-refractivity contribution in [2.45, 2.75) is 25.3 Å². The fourth-order valence-electron chi connectivity index (χ4n) is 3.15. The van der Waals surface area contributed by atoms with E-state index in [0.29, 0.717) is 12.8 Å². The number of carbonyl (C=O) groups excluding carboxylic acids is 2. The molecule has 130 valence electrons. The highest BCUT2D eigenvalue weighted by atomic mass is 35.5. The van der Waals surface area contributed by atoms with Gasteiger partial charge in [-0.05, 0) is 30.2 Å². The first-order valence-electron chi connectivity index (χ1n) is 8.01. The van der Waals surface area contributed by atoms with Gasteiger partial charge in [0.15, 0.2) is 0 Å². The van der Waals surface area contributed by atoms with Gasteiger partial charge in [0, 0.05) is 12.8 Å². The second-order valence-corrected chi connectivity index (χ2v) is 6.42. The van der Waals surface area contributed by atoms with Crippen LogP contribution in [0, 0.1) is 0 Å². The maximum atomic E-state index is 12.7. The molecule has 0 spiro atoms. The molecule has 0 fully saturated rings. The molecule has 0 unspecified atom stereocenters. The number of para-hydroxylation sites is 1. The van der Waals surface area contributed by atoms with E-state index in [9.17, 15) is 14.7 Å². The van der Waals surface area contributed by atoms with Crippen LogP contribution >= 0.6 is 11.6 Å². The number of phenols is 1. The fraction of sp³-hybridized carbons (Fsp3) is 0.263. The third kappa shape index (κ3) is 3.20. The molecular weight excluding hydrogens is 342 g/mol. The average Bonchev–Trinajstić information content (AvgIpc) is 2.96. The lowest BCUT2D eigenvalue weighted by Gasteiger charge is -2.28. The monoisotopic (exact) mass is 359 g/mol. The molecule has 1 aliphatic rings. The molecule has 2 aromatic carbocycles. The van der Waals surface area contributed by atoms with Crippen molar-refractivity contribution in [2.24, 2.45) is 0 Å². The van der Waals surface area contributed by atoms with Gasteiger partial charge < -0.3 is 15.2 Å². The molecule has 0 aromatic heterocycles. The van der Waals surface area contributed by atoms with Crippen molar-refractivity contribution < 1.29 is 19.4 Å². The van der Waals surface area contributed by atoms with E-state index in [-0.39, 0.29) is 22.9 Å². The number of ether oxygens (including phenoxy) is 1. The van der Waals surface area contributed by atoms with E-state index in [2.05, 4.69) is 5.32 Å². The van der Waals surface area contributed by atoms with Crippen molar-refractivity contribution in [3.8, 4) is 5.75 Å². The normalized spacial score (nSPS) is 14.6. The number of nitrogens with one attached hydrogen (secondary N) is 1. The first-order chi connectivity index (χ1) is 12.0. The quantitative estimate of drug-likeness (QED) is 0.823. The minimum absolute atomic E-state index is 0.0205. The SMILES string of the molecule is CCOC(=O)C1(NC(=O)c2cccc(Cl)c2O)Cc2ccccc2C1. The summed E-state index contributed by atoms with van der Waals surface area (Å²) in [4.78, 5) is 25.3. The topological polar surface area (TPSA) is 75.6 Å². The van der Waals surface area contributed by atoms with Crippen molar-refractivity contribution in [2.75, 3.05) is 6.61 Å². The lowest BCUT2D eigenvalue weighted by atomic mass is 9.95. The second kappa shape index (κ2) is 6.76. The number of hydrogen-bond donors (Lipinski definition) is 2. The molecule has 2 N–H and O–H groups in total. The summed E-state index contributed by atoms with van der Waals surface area (Å²) in [6, 6.07) is 12.2. The summed E-state index contributed by atoms with van der Waals surface area (Å²) in [7, 11) is 0. The van der Waals surface area contributed by atoms with E-state index in [1.807, 2.05) is 24.3 Å². The highest BCUT2D eigenvalue weighted by Crippen LogP contribution is 2.33. The summed E-state index contributed by atoms with van der Waals surface area (Å²) in [6.07, 6.45) is 0.685. The predicted molar refractivity (Wildman–Crippen MR) is 93.8 cm³/mol. The summed E-state index contributed by atoms with van der Waals surface area (Å²) in [5, 5.41) is 12.9. The first kappa shape index (κ1) is 17.3. The molecule has 0 heterocycles. The van der Waals surface area contributed by atoms with Crippen LogP contribution in [-0.4, -0.2) is 29.1 Å². The lowest BCUT2D eigenvalue weighted by molar-refractivity contribution is -0.150. The lowest BCUT2D eigenvalue weighted by Crippen LogP contribution is -2.56. The van der Waals surface area contributed by atoms with Gasteiger partial charge in [0.05, 0.1) is 17.2 Å². The Morgan fingerprint density at radius 2 is 1.80 bits per heavy atom. The molecule has 2 aromatic rings. The van der Waals surface area contributed by atoms with E-state index in [4.69, 9.17) is 16.3 Å². The zero-order valence-electron chi connectivity index (χ0n) is 13.7. The molecule has 0 saturated carbocycles. The minimum Gasteiger partial charge on any atom is -0.506 e. The number of rotatable bonds is 4. The van der Waals surface area contributed by atoms with E-state index in [1.165, 1.54) is 12.1 Å². The van der Waals surface area contributed by atoms with Gasteiger partial charge in [-0.15, -0.1) is 0 Å². The van der Waals surface area contributed by atoms with Gasteiger partial charge in [-0.2, -0.15) is 0 Å². The maximum absolute atomic E-state index is 12.7. The number of halogens is 1. The minimum atomic E-state index is -1.19. The molecule has 0 aliphatic heterocycles. The van der Waals surface area contributed by atoms with Crippen molar-refractivity contribution >= 4 is 23.5 Å². The fourth-order valence-corrected chi connectivity index (χ4v) is 3.33.